The first kappa shape index (κ1) is 11.9. The molecule has 1 aromatic heterocycles. The van der Waals surface area contributed by atoms with Gasteiger partial charge in [0, 0.05) is 16.5 Å². The Morgan fingerprint density at radius 2 is 1.56 bits per heavy atom. The van der Waals surface area contributed by atoms with E-state index in [1.54, 1.807) is 0 Å². The molecule has 0 unspecified atom stereocenters. The van der Waals surface area contributed by atoms with Crippen LogP contribution >= 0.6 is 0 Å². The average Bonchev–Trinajstić information content (AvgIpc) is 2.54. The largest absolute Gasteiger partial charge is 0.470 e. The van der Waals surface area contributed by atoms with Crippen LogP contribution in [0.5, 0.6) is 0 Å². The Labute approximate surface area is 99.0 Å². The van der Waals surface area contributed by atoms with Gasteiger partial charge < -0.3 is 9.15 Å². The lowest BCUT2D eigenvalue weighted by atomic mass is 9.90. The molecule has 16 heavy (non-hydrogen) atoms. The minimum absolute atomic E-state index is 0.0791. The van der Waals surface area contributed by atoms with Crippen LogP contribution in [0.2, 0.25) is 19.6 Å². The maximum atomic E-state index is 6.20. The molecule has 0 saturated carbocycles. The molecular formula is C13H22O2Si. The van der Waals surface area contributed by atoms with E-state index in [0.717, 1.165) is 19.0 Å². The molecule has 2 nitrogen and oxygen atoms in total. The van der Waals surface area contributed by atoms with E-state index >= 15 is 0 Å². The highest BCUT2D eigenvalue weighted by Gasteiger charge is 2.35. The van der Waals surface area contributed by atoms with Crippen molar-refractivity contribution in [1.29, 1.82) is 0 Å². The number of ether oxygens (including phenoxy) is 1. The lowest BCUT2D eigenvalue weighted by Gasteiger charge is -2.18. The molecule has 1 aliphatic heterocycles. The summed E-state index contributed by atoms with van der Waals surface area (Å²) in [5.74, 6) is 1.14. The summed E-state index contributed by atoms with van der Waals surface area (Å²) < 4.78 is 11.8. The van der Waals surface area contributed by atoms with Crippen LogP contribution < -0.4 is 5.38 Å². The van der Waals surface area contributed by atoms with Crippen molar-refractivity contribution in [2.45, 2.75) is 59.0 Å². The molecule has 0 atom stereocenters. The second-order valence-electron chi connectivity index (χ2n) is 6.71. The molecule has 2 rings (SSSR count). The summed E-state index contributed by atoms with van der Waals surface area (Å²) in [6.07, 6.45) is 0. The normalized spacial score (nSPS) is 16.6. The molecule has 0 fully saturated rings. The van der Waals surface area contributed by atoms with Crippen LogP contribution in [0.15, 0.2) is 4.42 Å². The smallest absolute Gasteiger partial charge is 0.123 e. The zero-order chi connectivity index (χ0) is 12.1. The van der Waals surface area contributed by atoms with Crippen LogP contribution in [0.25, 0.3) is 0 Å². The molecule has 0 radical (unpaired) electrons. The minimum atomic E-state index is -1.39. The van der Waals surface area contributed by atoms with Gasteiger partial charge in [-0.3, -0.25) is 0 Å². The number of fused-ring (bicyclic) bond motifs is 1. The molecule has 0 bridgehead atoms. The highest BCUT2D eigenvalue weighted by atomic mass is 28.3. The van der Waals surface area contributed by atoms with Crippen molar-refractivity contribution in [3.63, 3.8) is 0 Å². The van der Waals surface area contributed by atoms with E-state index in [0.29, 0.717) is 0 Å². The first-order valence-corrected chi connectivity index (χ1v) is 9.44. The SMILES string of the molecule is CC(C)(C)c1oc([Si](C)(C)C)c2c1COC2. The molecule has 0 spiro atoms. The summed E-state index contributed by atoms with van der Waals surface area (Å²) in [4.78, 5) is 0. The van der Waals surface area contributed by atoms with Crippen LogP contribution in [0.1, 0.15) is 37.7 Å². The van der Waals surface area contributed by atoms with Crippen LogP contribution in [0, 0.1) is 0 Å². The van der Waals surface area contributed by atoms with E-state index < -0.39 is 8.07 Å². The molecule has 2 heterocycles. The lowest BCUT2D eigenvalue weighted by molar-refractivity contribution is 0.130. The Balaban J connectivity index is 2.59. The number of hydrogen-bond acceptors (Lipinski definition) is 2. The Morgan fingerprint density at radius 1 is 1.00 bits per heavy atom. The molecule has 0 aromatic carbocycles. The van der Waals surface area contributed by atoms with Crippen LogP contribution in [-0.4, -0.2) is 8.07 Å². The predicted octanol–water partition coefficient (Wildman–Crippen LogP) is 3.15. The fourth-order valence-electron chi connectivity index (χ4n) is 2.27. The monoisotopic (exact) mass is 238 g/mol. The van der Waals surface area contributed by atoms with E-state index in [4.69, 9.17) is 9.15 Å². The summed E-state index contributed by atoms with van der Waals surface area (Å²) >= 11 is 0. The Kier molecular flexibility index (Phi) is 2.59. The van der Waals surface area contributed by atoms with Gasteiger partial charge in [-0.15, -0.1) is 0 Å². The van der Waals surface area contributed by atoms with Gasteiger partial charge in [-0.1, -0.05) is 40.4 Å². The molecule has 90 valence electrons. The van der Waals surface area contributed by atoms with E-state index in [-0.39, 0.29) is 5.41 Å². The maximum Gasteiger partial charge on any atom is 0.123 e. The second-order valence-corrected chi connectivity index (χ2v) is 11.7. The highest BCUT2D eigenvalue weighted by Crippen LogP contribution is 2.34. The van der Waals surface area contributed by atoms with E-state index in [9.17, 15) is 0 Å². The van der Waals surface area contributed by atoms with Gasteiger partial charge in [0.15, 0.2) is 0 Å². The average molecular weight is 238 g/mol. The summed E-state index contributed by atoms with van der Waals surface area (Å²) in [7, 11) is -1.39. The molecule has 0 N–H and O–H groups in total. The fourth-order valence-corrected chi connectivity index (χ4v) is 3.81. The Morgan fingerprint density at radius 3 is 2.06 bits per heavy atom. The van der Waals surface area contributed by atoms with E-state index in [1.807, 2.05) is 0 Å². The standard InChI is InChI=1S/C13H22O2Si/c1-13(2,3)11-9-7-14-8-10(9)12(15-11)16(4,5)6/h7-8H2,1-6H3. The molecule has 1 aromatic rings. The van der Waals surface area contributed by atoms with Gasteiger partial charge in [0.2, 0.25) is 0 Å². The molecule has 0 aliphatic carbocycles. The molecule has 3 heteroatoms. The maximum absolute atomic E-state index is 6.20. The third-order valence-corrected chi connectivity index (χ3v) is 4.74. The quantitative estimate of drug-likeness (QED) is 0.701. The van der Waals surface area contributed by atoms with Crippen molar-refractivity contribution in [2.24, 2.45) is 0 Å². The number of furan rings is 1. The van der Waals surface area contributed by atoms with Crippen molar-refractivity contribution in [3.05, 3.63) is 16.9 Å². The van der Waals surface area contributed by atoms with Gasteiger partial charge in [-0.05, 0) is 0 Å². The Bertz CT molecular complexity index is 368. The van der Waals surface area contributed by atoms with Gasteiger partial charge in [-0.25, -0.2) is 0 Å². The second kappa shape index (κ2) is 3.47. The predicted molar refractivity (Wildman–Crippen MR) is 68.9 cm³/mol. The fraction of sp³-hybridized carbons (Fsp3) is 0.692. The number of rotatable bonds is 1. The first-order valence-electron chi connectivity index (χ1n) is 5.94. The molecular weight excluding hydrogens is 216 g/mol. The van der Waals surface area contributed by atoms with Crippen molar-refractivity contribution >= 4 is 13.5 Å². The van der Waals surface area contributed by atoms with Crippen LogP contribution in [0.4, 0.5) is 0 Å². The van der Waals surface area contributed by atoms with Gasteiger partial charge in [0.25, 0.3) is 0 Å². The van der Waals surface area contributed by atoms with Crippen molar-refractivity contribution in [1.82, 2.24) is 0 Å². The summed E-state index contributed by atoms with van der Waals surface area (Å²) in [5, 5.41) is 1.24. The van der Waals surface area contributed by atoms with Crippen LogP contribution in [0.3, 0.4) is 0 Å². The minimum Gasteiger partial charge on any atom is -0.470 e. The van der Waals surface area contributed by atoms with Gasteiger partial charge in [0.05, 0.1) is 18.6 Å². The van der Waals surface area contributed by atoms with Crippen molar-refractivity contribution < 1.29 is 9.15 Å². The van der Waals surface area contributed by atoms with Gasteiger partial charge >= 0.3 is 0 Å². The van der Waals surface area contributed by atoms with Crippen molar-refractivity contribution in [3.8, 4) is 0 Å². The number of hydrogen-bond donors (Lipinski definition) is 0. The summed E-state index contributed by atoms with van der Waals surface area (Å²) in [6, 6.07) is 0. The summed E-state index contributed by atoms with van der Waals surface area (Å²) in [5.41, 5.74) is 2.75. The first-order chi connectivity index (χ1) is 7.21. The zero-order valence-corrected chi connectivity index (χ0v) is 12.2. The Hall–Kier alpha value is -0.543. The molecule has 1 aliphatic rings. The summed E-state index contributed by atoms with van der Waals surface area (Å²) in [6.45, 7) is 15.1. The molecule has 0 saturated heterocycles. The third kappa shape index (κ3) is 1.87. The van der Waals surface area contributed by atoms with E-state index in [1.165, 1.54) is 16.5 Å². The lowest BCUT2D eigenvalue weighted by Crippen LogP contribution is -2.38. The van der Waals surface area contributed by atoms with E-state index in [2.05, 4.69) is 40.4 Å². The topological polar surface area (TPSA) is 22.4 Å². The van der Waals surface area contributed by atoms with Crippen molar-refractivity contribution in [2.75, 3.05) is 0 Å². The third-order valence-electron chi connectivity index (χ3n) is 2.97. The molecule has 0 amide bonds. The van der Waals surface area contributed by atoms with Crippen LogP contribution in [-0.2, 0) is 23.4 Å². The highest BCUT2D eigenvalue weighted by molar-refractivity contribution is 6.88. The zero-order valence-electron chi connectivity index (χ0n) is 11.2. The van der Waals surface area contributed by atoms with Gasteiger partial charge in [-0.2, -0.15) is 0 Å². The van der Waals surface area contributed by atoms with Gasteiger partial charge in [0.1, 0.15) is 13.8 Å².